The molecule has 3 heteroatoms. The number of carbonyl (C=O) groups is 1. The lowest BCUT2D eigenvalue weighted by Crippen LogP contribution is -1.89. The van der Waals surface area contributed by atoms with Crippen LogP contribution < -0.4 is 0 Å². The molecule has 0 saturated heterocycles. The van der Waals surface area contributed by atoms with Crippen molar-refractivity contribution in [2.75, 3.05) is 6.61 Å². The maximum absolute atomic E-state index is 9.33. The molecule has 2 nitrogen and oxygen atoms in total. The molecular formula is C23H45ClO2. The molecule has 0 aromatic rings. The Morgan fingerprint density at radius 2 is 0.654 bits per heavy atom. The van der Waals surface area contributed by atoms with Gasteiger partial charge in [0.05, 0.1) is 0 Å². The molecule has 0 saturated carbocycles. The highest BCUT2D eigenvalue weighted by Gasteiger charge is 1.82. The molecule has 0 atom stereocenters. The van der Waals surface area contributed by atoms with Gasteiger partial charge in [-0.15, -0.1) is 46.1 Å². The van der Waals surface area contributed by atoms with E-state index in [1.807, 2.05) is 48.5 Å². The largest absolute Gasteiger partial charge is 0.387 e. The van der Waals surface area contributed by atoms with Crippen LogP contribution in [0.3, 0.4) is 0 Å². The number of aliphatic hydroxyl groups excluding tert-OH is 1. The summed E-state index contributed by atoms with van der Waals surface area (Å²) in [5.74, 6) is 0. The van der Waals surface area contributed by atoms with E-state index in [-0.39, 0.29) is 0 Å². The minimum atomic E-state index is -0.718. The monoisotopic (exact) mass is 388 g/mol. The molecule has 156 valence electrons. The van der Waals surface area contributed by atoms with E-state index in [1.165, 1.54) is 0 Å². The lowest BCUT2D eigenvalue weighted by Gasteiger charge is -1.68. The van der Waals surface area contributed by atoms with E-state index < -0.39 is 11.8 Å². The van der Waals surface area contributed by atoms with Crippen LogP contribution in [-0.4, -0.2) is 17.0 Å². The van der Waals surface area contributed by atoms with Crippen LogP contribution in [0.2, 0.25) is 0 Å². The van der Waals surface area contributed by atoms with Crippen molar-refractivity contribution in [3.63, 3.8) is 0 Å². The van der Waals surface area contributed by atoms with Gasteiger partial charge in [-0.2, -0.15) is 0 Å². The molecule has 0 rings (SSSR count). The molecule has 0 aromatic carbocycles. The van der Waals surface area contributed by atoms with Crippen molar-refractivity contribution in [1.29, 1.82) is 0 Å². The molecule has 0 heterocycles. The lowest BCUT2D eigenvalue weighted by molar-refractivity contribution is -0.114. The summed E-state index contributed by atoms with van der Waals surface area (Å²) in [6.45, 7) is 36.2. The number of allylic oxidation sites excluding steroid dienone is 7. The van der Waals surface area contributed by atoms with E-state index in [9.17, 15) is 4.79 Å². The van der Waals surface area contributed by atoms with Crippen LogP contribution in [-0.2, 0) is 4.79 Å². The molecule has 0 aliphatic rings. The van der Waals surface area contributed by atoms with Crippen molar-refractivity contribution in [3.8, 4) is 0 Å². The van der Waals surface area contributed by atoms with Gasteiger partial charge in [0.15, 0.2) is 0 Å². The Hall–Kier alpha value is -1.90. The number of aliphatic hydroxyl groups is 1. The fourth-order valence-corrected chi connectivity index (χ4v) is 0. The molecule has 0 fully saturated rings. The van der Waals surface area contributed by atoms with Crippen molar-refractivity contribution < 1.29 is 9.90 Å². The molecule has 0 aliphatic carbocycles. The normalized spacial score (nSPS) is 4.96. The summed E-state index contributed by atoms with van der Waals surface area (Å²) < 4.78 is 0. The van der Waals surface area contributed by atoms with Crippen molar-refractivity contribution in [2.24, 2.45) is 0 Å². The van der Waals surface area contributed by atoms with Gasteiger partial charge in [0, 0.05) is 0 Å². The Morgan fingerprint density at radius 3 is 0.654 bits per heavy atom. The third-order valence-electron chi connectivity index (χ3n) is 0.124. The van der Waals surface area contributed by atoms with Gasteiger partial charge in [-0.25, -0.2) is 0 Å². The van der Waals surface area contributed by atoms with E-state index in [1.54, 1.807) is 42.5 Å². The minimum Gasteiger partial charge on any atom is -0.387 e. The molecule has 1 N–H and O–H groups in total. The summed E-state index contributed by atoms with van der Waals surface area (Å²) in [4.78, 5) is 9.33. The second kappa shape index (κ2) is 136. The first-order chi connectivity index (χ1) is 12.2. The molecule has 0 bridgehead atoms. The zero-order valence-electron chi connectivity index (χ0n) is 18.4. The Labute approximate surface area is 170 Å². The maximum Gasteiger partial charge on any atom is 0.247 e. The number of rotatable bonds is 1. The summed E-state index contributed by atoms with van der Waals surface area (Å²) in [5, 5.41) is 6.94. The van der Waals surface area contributed by atoms with E-state index in [2.05, 4.69) is 57.7 Å². The van der Waals surface area contributed by atoms with Gasteiger partial charge in [-0.05, 0) is 60.1 Å². The van der Waals surface area contributed by atoms with E-state index >= 15 is 0 Å². The highest BCUT2D eigenvalue weighted by Crippen LogP contribution is 1.70. The van der Waals surface area contributed by atoms with Crippen LogP contribution in [0.5, 0.6) is 0 Å². The van der Waals surface area contributed by atoms with Crippen molar-refractivity contribution in [2.45, 2.75) is 48.5 Å². The third-order valence-corrected chi connectivity index (χ3v) is 0.244. The molecule has 0 spiro atoms. The highest BCUT2D eigenvalue weighted by atomic mass is 35.5. The average Bonchev–Trinajstić information content (AvgIpc) is 2.53. The van der Waals surface area contributed by atoms with Gasteiger partial charge in [0.25, 0.3) is 0 Å². The Morgan fingerprint density at radius 1 is 0.615 bits per heavy atom. The average molecular weight is 389 g/mol. The number of carbonyl (C=O) groups excluding carboxylic acids is 1. The van der Waals surface area contributed by atoms with Crippen LogP contribution in [0.25, 0.3) is 0 Å². The van der Waals surface area contributed by atoms with Crippen molar-refractivity contribution in [3.05, 3.63) is 88.6 Å². The predicted octanol–water partition coefficient (Wildman–Crippen LogP) is 8.09. The summed E-state index contributed by atoms with van der Waals surface area (Å²) in [5.41, 5.74) is 0. The fourth-order valence-electron chi connectivity index (χ4n) is 0. The Balaban J connectivity index is -0.0000000240. The second-order valence-corrected chi connectivity index (χ2v) is 3.79. The summed E-state index contributed by atoms with van der Waals surface area (Å²) in [7, 11) is 0. The quantitative estimate of drug-likeness (QED) is 0.364. The zero-order chi connectivity index (χ0) is 23.2. The lowest BCUT2D eigenvalue weighted by atomic mass is 10.8. The molecular weight excluding hydrogens is 344 g/mol. The molecule has 0 aromatic heterocycles. The highest BCUT2D eigenvalue weighted by molar-refractivity contribution is 6.63. The van der Waals surface area contributed by atoms with Crippen molar-refractivity contribution >= 4 is 16.8 Å². The van der Waals surface area contributed by atoms with Crippen molar-refractivity contribution in [1.82, 2.24) is 0 Å². The van der Waals surface area contributed by atoms with Gasteiger partial charge >= 0.3 is 0 Å². The van der Waals surface area contributed by atoms with Gasteiger partial charge < -0.3 is 5.11 Å². The fraction of sp³-hybridized carbons (Fsp3) is 0.348. The Bertz CT molecular complexity index is 208. The second-order valence-electron chi connectivity index (χ2n) is 3.37. The molecule has 0 aliphatic heterocycles. The minimum absolute atomic E-state index is 0.568. The van der Waals surface area contributed by atoms with Crippen LogP contribution in [0, 0.1) is 0 Å². The van der Waals surface area contributed by atoms with E-state index in [0.29, 0.717) is 0 Å². The molecule has 0 radical (unpaired) electrons. The van der Waals surface area contributed by atoms with Crippen LogP contribution in [0.4, 0.5) is 0 Å². The van der Waals surface area contributed by atoms with Gasteiger partial charge in [-0.3, -0.25) is 4.79 Å². The maximum atomic E-state index is 9.33. The van der Waals surface area contributed by atoms with Crippen LogP contribution >= 0.6 is 11.6 Å². The number of halogens is 1. The molecule has 0 amide bonds. The smallest absolute Gasteiger partial charge is 0.247 e. The van der Waals surface area contributed by atoms with Crippen LogP contribution in [0.1, 0.15) is 48.5 Å². The topological polar surface area (TPSA) is 37.3 Å². The number of hydrogen-bond acceptors (Lipinski definition) is 2. The van der Waals surface area contributed by atoms with E-state index in [0.717, 1.165) is 0 Å². The summed E-state index contributed by atoms with van der Waals surface area (Å²) in [6.07, 6.45) is 12.2. The van der Waals surface area contributed by atoms with Gasteiger partial charge in [0.2, 0.25) is 5.24 Å². The van der Waals surface area contributed by atoms with E-state index in [4.69, 9.17) is 5.11 Å². The first-order valence-corrected chi connectivity index (χ1v) is 8.34. The van der Waals surface area contributed by atoms with Gasteiger partial charge in [-0.1, -0.05) is 42.5 Å². The van der Waals surface area contributed by atoms with Crippen LogP contribution in [0.15, 0.2) is 88.6 Å². The third kappa shape index (κ3) is 984000. The first-order valence-electron chi connectivity index (χ1n) is 7.96. The predicted molar refractivity (Wildman–Crippen MR) is 129 cm³/mol. The summed E-state index contributed by atoms with van der Waals surface area (Å²) >= 11 is 4.57. The zero-order valence-corrected chi connectivity index (χ0v) is 19.2. The number of hydrogen-bond donors (Lipinski definition) is 1. The summed E-state index contributed by atoms with van der Waals surface area (Å²) in [6, 6.07) is 0. The first kappa shape index (κ1) is 49.6. The van der Waals surface area contributed by atoms with Gasteiger partial charge in [0.1, 0.15) is 6.61 Å². The standard InChI is InChI=1S/7C3H6.C2H3ClO2/c7*1-3-2;3-2(5)1-4/h7*3H,1H2,2H3;4H,1H2. The SMILES string of the molecule is C=CC.C=CC.C=CC.C=CC.C=CC.C=CC.C=CC.O=C(Cl)CO. The Kier molecular flexibility index (Phi) is 260. The molecule has 26 heavy (non-hydrogen) atoms. The molecule has 0 unspecified atom stereocenters.